The van der Waals surface area contributed by atoms with E-state index in [0.717, 1.165) is 6.07 Å². The van der Waals surface area contributed by atoms with Crippen LogP contribution in [0, 0.1) is 10.1 Å². The van der Waals surface area contributed by atoms with Crippen LogP contribution < -0.4 is 0 Å². The molecule has 0 saturated heterocycles. The molecule has 14 heavy (non-hydrogen) atoms. The molecule has 72 valence electrons. The van der Waals surface area contributed by atoms with Gasteiger partial charge in [0.25, 0.3) is 5.69 Å². The topological polar surface area (TPSA) is 72.6 Å². The first-order valence-corrected chi connectivity index (χ1v) is 4.03. The van der Waals surface area contributed by atoms with E-state index in [1.807, 2.05) is 0 Å². The molecule has 0 bridgehead atoms. The number of rotatable bonds is 2. The van der Waals surface area contributed by atoms with Gasteiger partial charge < -0.3 is 0 Å². The summed E-state index contributed by atoms with van der Waals surface area (Å²) in [6, 6.07) is 2.37. The third-order valence-electron chi connectivity index (χ3n) is 1.40. The first kappa shape index (κ1) is 10.7. The summed E-state index contributed by atoms with van der Waals surface area (Å²) in [6.07, 6.45) is 1.22. The number of isocyanates is 1. The summed E-state index contributed by atoms with van der Waals surface area (Å²) in [4.78, 5) is 22.9. The lowest BCUT2D eigenvalue weighted by atomic mass is 10.3. The number of hydrogen-bond acceptors (Lipinski definition) is 4. The lowest BCUT2D eigenvalue weighted by molar-refractivity contribution is -0.384. The van der Waals surface area contributed by atoms with Crippen LogP contribution in [0.5, 0.6) is 0 Å². The molecule has 1 aromatic rings. The Hall–Kier alpha value is -1.42. The highest BCUT2D eigenvalue weighted by Gasteiger charge is 2.18. The van der Waals surface area contributed by atoms with E-state index in [9.17, 15) is 14.9 Å². The second-order valence-corrected chi connectivity index (χ2v) is 2.97. The standard InChI is InChI=1S/C7H2Cl2N2O3/c8-4-1-2-5(11(13)14)6(9)7(4)10-3-12/h1-2H. The van der Waals surface area contributed by atoms with Gasteiger partial charge in [-0.1, -0.05) is 23.2 Å². The van der Waals surface area contributed by atoms with E-state index in [0.29, 0.717) is 0 Å². The Kier molecular flexibility index (Phi) is 3.19. The molecule has 0 fully saturated rings. The zero-order valence-corrected chi connectivity index (χ0v) is 8.04. The van der Waals surface area contributed by atoms with Crippen molar-refractivity contribution in [1.82, 2.24) is 0 Å². The minimum absolute atomic E-state index is 0.0592. The monoisotopic (exact) mass is 232 g/mol. The molecular formula is C7H2Cl2N2O3. The molecule has 0 aliphatic rings. The maximum absolute atomic E-state index is 10.4. The van der Waals surface area contributed by atoms with Gasteiger partial charge in [0.1, 0.15) is 10.7 Å². The molecule has 5 nitrogen and oxygen atoms in total. The predicted molar refractivity (Wildman–Crippen MR) is 50.9 cm³/mol. The number of benzene rings is 1. The minimum atomic E-state index is -0.692. The predicted octanol–water partition coefficient (Wildman–Crippen LogP) is 2.87. The van der Waals surface area contributed by atoms with E-state index in [2.05, 4.69) is 4.99 Å². The van der Waals surface area contributed by atoms with Crippen molar-refractivity contribution in [3.05, 3.63) is 32.3 Å². The molecule has 0 aliphatic carbocycles. The van der Waals surface area contributed by atoms with E-state index in [1.54, 1.807) is 0 Å². The number of nitro benzene ring substituents is 1. The summed E-state index contributed by atoms with van der Waals surface area (Å²) in [6.45, 7) is 0. The number of nitro groups is 1. The van der Waals surface area contributed by atoms with Crippen LogP contribution in [-0.2, 0) is 4.79 Å². The van der Waals surface area contributed by atoms with Crippen molar-refractivity contribution in [3.63, 3.8) is 0 Å². The molecule has 0 N–H and O–H groups in total. The molecule has 0 aliphatic heterocycles. The molecule has 0 unspecified atom stereocenters. The number of aliphatic imine (C=N–C) groups is 1. The number of halogens is 2. The zero-order valence-electron chi connectivity index (χ0n) is 6.53. The van der Waals surface area contributed by atoms with Crippen molar-refractivity contribution in [3.8, 4) is 0 Å². The van der Waals surface area contributed by atoms with Gasteiger partial charge in [-0.15, -0.1) is 0 Å². The first-order valence-electron chi connectivity index (χ1n) is 3.28. The second-order valence-electron chi connectivity index (χ2n) is 2.19. The van der Waals surface area contributed by atoms with Crippen LogP contribution in [0.15, 0.2) is 17.1 Å². The molecule has 0 saturated carbocycles. The van der Waals surface area contributed by atoms with Gasteiger partial charge in [-0.25, -0.2) is 4.79 Å². The molecule has 1 rings (SSSR count). The Morgan fingerprint density at radius 3 is 2.57 bits per heavy atom. The largest absolute Gasteiger partial charge is 0.290 e. The molecule has 1 aromatic carbocycles. The van der Waals surface area contributed by atoms with E-state index in [4.69, 9.17) is 23.2 Å². The zero-order chi connectivity index (χ0) is 10.7. The van der Waals surface area contributed by atoms with Crippen LogP contribution in [-0.4, -0.2) is 11.0 Å². The Morgan fingerprint density at radius 2 is 2.07 bits per heavy atom. The molecule has 0 radical (unpaired) electrons. The lowest BCUT2D eigenvalue weighted by Gasteiger charge is -1.99. The quantitative estimate of drug-likeness (QED) is 0.341. The summed E-state index contributed by atoms with van der Waals surface area (Å²) in [5, 5.41) is 10.2. The summed E-state index contributed by atoms with van der Waals surface area (Å²) >= 11 is 11.2. The van der Waals surface area contributed by atoms with Crippen molar-refractivity contribution < 1.29 is 9.72 Å². The fraction of sp³-hybridized carbons (Fsp3) is 0. The summed E-state index contributed by atoms with van der Waals surface area (Å²) in [5.74, 6) is 0. The Bertz CT molecular complexity index is 441. The van der Waals surface area contributed by atoms with E-state index in [1.165, 1.54) is 12.1 Å². The maximum Gasteiger partial charge on any atom is 0.290 e. The van der Waals surface area contributed by atoms with Gasteiger partial charge in [0.05, 0.1) is 9.95 Å². The SMILES string of the molecule is O=C=Nc1c(Cl)ccc([N+](=O)[O-])c1Cl. The normalized spacial score (nSPS) is 9.29. The van der Waals surface area contributed by atoms with E-state index >= 15 is 0 Å². The average Bonchev–Trinajstić information content (AvgIpc) is 2.11. The Labute approximate surface area is 88.1 Å². The Morgan fingerprint density at radius 1 is 1.43 bits per heavy atom. The second kappa shape index (κ2) is 4.19. The van der Waals surface area contributed by atoms with Crippen LogP contribution in [0.4, 0.5) is 11.4 Å². The Balaban J connectivity index is 3.48. The number of hydrogen-bond donors (Lipinski definition) is 0. The van der Waals surface area contributed by atoms with Gasteiger partial charge in [-0.2, -0.15) is 4.99 Å². The van der Waals surface area contributed by atoms with Gasteiger partial charge in [0.15, 0.2) is 0 Å². The lowest BCUT2D eigenvalue weighted by Crippen LogP contribution is -1.89. The summed E-state index contributed by atoms with van der Waals surface area (Å²) in [5.41, 5.74) is -0.498. The van der Waals surface area contributed by atoms with Crippen molar-refractivity contribution in [2.24, 2.45) is 4.99 Å². The molecule has 0 heterocycles. The van der Waals surface area contributed by atoms with Crippen molar-refractivity contribution in [2.75, 3.05) is 0 Å². The van der Waals surface area contributed by atoms with Gasteiger partial charge in [-0.3, -0.25) is 10.1 Å². The van der Waals surface area contributed by atoms with Crippen molar-refractivity contribution in [2.45, 2.75) is 0 Å². The van der Waals surface area contributed by atoms with Crippen LogP contribution in [0.2, 0.25) is 10.0 Å². The van der Waals surface area contributed by atoms with Gasteiger partial charge in [0.2, 0.25) is 6.08 Å². The van der Waals surface area contributed by atoms with E-state index in [-0.39, 0.29) is 21.4 Å². The average molecular weight is 233 g/mol. The van der Waals surface area contributed by atoms with Gasteiger partial charge in [0, 0.05) is 6.07 Å². The smallest absolute Gasteiger partial charge is 0.258 e. The highest BCUT2D eigenvalue weighted by atomic mass is 35.5. The van der Waals surface area contributed by atoms with Crippen LogP contribution in [0.3, 0.4) is 0 Å². The summed E-state index contributed by atoms with van der Waals surface area (Å²) < 4.78 is 0. The minimum Gasteiger partial charge on any atom is -0.258 e. The highest BCUT2D eigenvalue weighted by molar-refractivity contribution is 6.40. The third kappa shape index (κ3) is 1.90. The van der Waals surface area contributed by atoms with Crippen LogP contribution in [0.25, 0.3) is 0 Å². The first-order chi connectivity index (χ1) is 6.57. The van der Waals surface area contributed by atoms with Crippen molar-refractivity contribution >= 4 is 40.7 Å². The molecule has 0 spiro atoms. The highest BCUT2D eigenvalue weighted by Crippen LogP contribution is 2.38. The maximum atomic E-state index is 10.4. The van der Waals surface area contributed by atoms with Crippen LogP contribution >= 0.6 is 23.2 Å². The molecular weight excluding hydrogens is 231 g/mol. The van der Waals surface area contributed by atoms with Crippen molar-refractivity contribution in [1.29, 1.82) is 0 Å². The van der Waals surface area contributed by atoms with E-state index < -0.39 is 4.92 Å². The van der Waals surface area contributed by atoms with Crippen LogP contribution in [0.1, 0.15) is 0 Å². The summed E-state index contributed by atoms with van der Waals surface area (Å²) in [7, 11) is 0. The number of carbonyl (C=O) groups excluding carboxylic acids is 1. The molecule has 7 heteroatoms. The fourth-order valence-electron chi connectivity index (χ4n) is 0.819. The molecule has 0 atom stereocenters. The van der Waals surface area contributed by atoms with Gasteiger partial charge >= 0.3 is 0 Å². The molecule has 0 aromatic heterocycles. The van der Waals surface area contributed by atoms with Gasteiger partial charge in [-0.05, 0) is 6.07 Å². The number of nitrogens with zero attached hydrogens (tertiary/aromatic N) is 2. The third-order valence-corrected chi connectivity index (χ3v) is 2.08. The molecule has 0 amide bonds. The fourth-order valence-corrected chi connectivity index (χ4v) is 1.34.